The Balaban J connectivity index is 1.21. The molecule has 0 unspecified atom stereocenters. The molecule has 0 spiro atoms. The highest BCUT2D eigenvalue weighted by Crippen LogP contribution is 2.21. The Bertz CT molecular complexity index is 822. The first-order chi connectivity index (χ1) is 14.7. The van der Waals surface area contributed by atoms with Crippen molar-refractivity contribution in [1.82, 2.24) is 15.5 Å². The van der Waals surface area contributed by atoms with E-state index in [0.717, 1.165) is 62.2 Å². The summed E-state index contributed by atoms with van der Waals surface area (Å²) in [4.78, 5) is 16.4. The smallest absolute Gasteiger partial charge is 0.230 e. The third-order valence-electron chi connectivity index (χ3n) is 5.32. The molecule has 0 aliphatic carbocycles. The van der Waals surface area contributed by atoms with E-state index in [0.29, 0.717) is 12.3 Å². The van der Waals surface area contributed by atoms with E-state index < -0.39 is 0 Å². The van der Waals surface area contributed by atoms with Crippen LogP contribution in [0.15, 0.2) is 41.4 Å². The maximum atomic E-state index is 13.1. The molecule has 1 aromatic heterocycles. The van der Waals surface area contributed by atoms with Gasteiger partial charge in [-0.15, -0.1) is 10.2 Å². The van der Waals surface area contributed by atoms with Gasteiger partial charge in [-0.25, -0.2) is 4.39 Å². The number of rotatable bonds is 7. The lowest BCUT2D eigenvalue weighted by atomic mass is 10.2. The van der Waals surface area contributed by atoms with Gasteiger partial charge in [0.2, 0.25) is 5.91 Å². The number of nitrogens with one attached hydrogen (secondary N) is 1. The van der Waals surface area contributed by atoms with E-state index in [4.69, 9.17) is 4.74 Å². The number of amides is 1. The molecule has 0 bridgehead atoms. The van der Waals surface area contributed by atoms with E-state index >= 15 is 0 Å². The van der Waals surface area contributed by atoms with E-state index in [1.165, 1.54) is 23.9 Å². The van der Waals surface area contributed by atoms with Gasteiger partial charge in [0, 0.05) is 45.0 Å². The van der Waals surface area contributed by atoms with Crippen molar-refractivity contribution in [2.75, 3.05) is 54.9 Å². The summed E-state index contributed by atoms with van der Waals surface area (Å²) in [7, 11) is 0. The molecule has 3 heterocycles. The third kappa shape index (κ3) is 5.60. The number of thioether (sulfide) groups is 1. The zero-order chi connectivity index (χ0) is 20.8. The van der Waals surface area contributed by atoms with Crippen molar-refractivity contribution < 1.29 is 13.9 Å². The molecule has 1 atom stereocenters. The first-order valence-electron chi connectivity index (χ1n) is 10.3. The number of anilines is 2. The van der Waals surface area contributed by atoms with E-state index in [-0.39, 0.29) is 17.8 Å². The van der Waals surface area contributed by atoms with E-state index in [1.54, 1.807) is 0 Å². The van der Waals surface area contributed by atoms with Crippen LogP contribution in [0.3, 0.4) is 0 Å². The SMILES string of the molecule is O=C(CSc1ccc(N2CCN(c3ccc(F)cc3)CC2)nn1)NC[C@H]1CCCO1. The molecule has 2 aliphatic heterocycles. The van der Waals surface area contributed by atoms with Crippen LogP contribution in [0.5, 0.6) is 0 Å². The minimum Gasteiger partial charge on any atom is -0.376 e. The summed E-state index contributed by atoms with van der Waals surface area (Å²) in [6, 6.07) is 10.5. The van der Waals surface area contributed by atoms with Gasteiger partial charge < -0.3 is 19.9 Å². The molecule has 30 heavy (non-hydrogen) atoms. The Morgan fingerprint density at radius 1 is 1.10 bits per heavy atom. The van der Waals surface area contributed by atoms with Crippen molar-refractivity contribution in [2.24, 2.45) is 0 Å². The van der Waals surface area contributed by atoms with Gasteiger partial charge in [-0.3, -0.25) is 4.79 Å². The van der Waals surface area contributed by atoms with E-state index in [1.807, 2.05) is 24.3 Å². The zero-order valence-corrected chi connectivity index (χ0v) is 17.6. The molecule has 1 amide bonds. The summed E-state index contributed by atoms with van der Waals surface area (Å²) in [5, 5.41) is 12.2. The standard InChI is InChI=1S/C21H26FN5O2S/c22-16-3-5-17(6-4-16)26-9-11-27(12-10-26)19-7-8-21(25-24-19)30-15-20(28)23-14-18-2-1-13-29-18/h3-8,18H,1-2,9-15H2,(H,23,28)/t18-/m1/s1. The van der Waals surface area contributed by atoms with Crippen molar-refractivity contribution >= 4 is 29.2 Å². The highest BCUT2D eigenvalue weighted by atomic mass is 32.2. The van der Waals surface area contributed by atoms with Crippen molar-refractivity contribution in [3.63, 3.8) is 0 Å². The Labute approximate surface area is 180 Å². The molecule has 2 aliphatic rings. The molecular weight excluding hydrogens is 405 g/mol. The predicted molar refractivity (Wildman–Crippen MR) is 116 cm³/mol. The van der Waals surface area contributed by atoms with Crippen LogP contribution in [0, 0.1) is 5.82 Å². The molecule has 0 radical (unpaired) electrons. The Morgan fingerprint density at radius 2 is 1.87 bits per heavy atom. The monoisotopic (exact) mass is 431 g/mol. The van der Waals surface area contributed by atoms with Gasteiger partial charge in [0.05, 0.1) is 11.9 Å². The van der Waals surface area contributed by atoms with Gasteiger partial charge in [0.25, 0.3) is 0 Å². The van der Waals surface area contributed by atoms with Crippen LogP contribution in [0.25, 0.3) is 0 Å². The van der Waals surface area contributed by atoms with Crippen LogP contribution in [0.1, 0.15) is 12.8 Å². The topological polar surface area (TPSA) is 70.6 Å². The fraction of sp³-hybridized carbons (Fsp3) is 0.476. The molecule has 0 saturated carbocycles. The molecule has 7 nitrogen and oxygen atoms in total. The summed E-state index contributed by atoms with van der Waals surface area (Å²) in [5.74, 6) is 0.919. The molecule has 2 aromatic rings. The van der Waals surface area contributed by atoms with Crippen molar-refractivity contribution in [1.29, 1.82) is 0 Å². The van der Waals surface area contributed by atoms with E-state index in [9.17, 15) is 9.18 Å². The number of piperazine rings is 1. The van der Waals surface area contributed by atoms with Crippen LogP contribution in [0.4, 0.5) is 15.9 Å². The van der Waals surface area contributed by atoms with Crippen LogP contribution < -0.4 is 15.1 Å². The fourth-order valence-electron chi connectivity index (χ4n) is 3.63. The normalized spacial score (nSPS) is 19.2. The number of halogens is 1. The Hall–Kier alpha value is -2.39. The average Bonchev–Trinajstić information content (AvgIpc) is 3.31. The molecule has 2 fully saturated rings. The first kappa shape index (κ1) is 20.9. The van der Waals surface area contributed by atoms with Gasteiger partial charge in [-0.05, 0) is 49.2 Å². The Morgan fingerprint density at radius 3 is 2.53 bits per heavy atom. The van der Waals surface area contributed by atoms with Crippen LogP contribution in [0.2, 0.25) is 0 Å². The lowest BCUT2D eigenvalue weighted by Crippen LogP contribution is -2.46. The summed E-state index contributed by atoms with van der Waals surface area (Å²) in [5.41, 5.74) is 1.03. The second-order valence-electron chi connectivity index (χ2n) is 7.41. The quantitative estimate of drug-likeness (QED) is 0.675. The Kier molecular flexibility index (Phi) is 7.01. The molecule has 4 rings (SSSR count). The lowest BCUT2D eigenvalue weighted by Gasteiger charge is -2.36. The highest BCUT2D eigenvalue weighted by Gasteiger charge is 2.19. The highest BCUT2D eigenvalue weighted by molar-refractivity contribution is 7.99. The minimum atomic E-state index is -0.217. The summed E-state index contributed by atoms with van der Waals surface area (Å²) >= 11 is 1.38. The van der Waals surface area contributed by atoms with Gasteiger partial charge in [0.1, 0.15) is 10.8 Å². The van der Waals surface area contributed by atoms with Crippen molar-refractivity contribution in [3.05, 3.63) is 42.2 Å². The predicted octanol–water partition coefficient (Wildman–Crippen LogP) is 2.33. The number of ether oxygens (including phenoxy) is 1. The molecule has 160 valence electrons. The van der Waals surface area contributed by atoms with Gasteiger partial charge in [-0.1, -0.05) is 11.8 Å². The lowest BCUT2D eigenvalue weighted by molar-refractivity contribution is -0.119. The van der Waals surface area contributed by atoms with Crippen molar-refractivity contribution in [2.45, 2.75) is 24.0 Å². The minimum absolute atomic E-state index is 0.0155. The second-order valence-corrected chi connectivity index (χ2v) is 8.40. The molecular formula is C21H26FN5O2S. The van der Waals surface area contributed by atoms with Crippen LogP contribution in [-0.4, -0.2) is 67.3 Å². The maximum absolute atomic E-state index is 13.1. The van der Waals surface area contributed by atoms with Crippen LogP contribution in [-0.2, 0) is 9.53 Å². The number of hydrogen-bond donors (Lipinski definition) is 1. The molecule has 1 N–H and O–H groups in total. The van der Waals surface area contributed by atoms with Crippen molar-refractivity contribution in [3.8, 4) is 0 Å². The summed E-state index contributed by atoms with van der Waals surface area (Å²) < 4.78 is 18.6. The van der Waals surface area contributed by atoms with Gasteiger partial charge in [0.15, 0.2) is 5.82 Å². The number of aromatic nitrogens is 2. The molecule has 2 saturated heterocycles. The third-order valence-corrected chi connectivity index (χ3v) is 6.24. The number of hydrogen-bond acceptors (Lipinski definition) is 7. The molecule has 1 aromatic carbocycles. The summed E-state index contributed by atoms with van der Waals surface area (Å²) in [6.45, 7) is 4.70. The largest absolute Gasteiger partial charge is 0.376 e. The zero-order valence-electron chi connectivity index (χ0n) is 16.8. The second kappa shape index (κ2) is 10.1. The molecule has 9 heteroatoms. The summed E-state index contributed by atoms with van der Waals surface area (Å²) in [6.07, 6.45) is 2.23. The maximum Gasteiger partial charge on any atom is 0.230 e. The number of carbonyl (C=O) groups excluding carboxylic acids is 1. The van der Waals surface area contributed by atoms with Gasteiger partial charge in [-0.2, -0.15) is 0 Å². The first-order valence-corrected chi connectivity index (χ1v) is 11.3. The average molecular weight is 432 g/mol. The fourth-order valence-corrected chi connectivity index (χ4v) is 4.27. The van der Waals surface area contributed by atoms with E-state index in [2.05, 4.69) is 25.3 Å². The van der Waals surface area contributed by atoms with Crippen LogP contribution >= 0.6 is 11.8 Å². The number of carbonyl (C=O) groups is 1. The number of nitrogens with zero attached hydrogens (tertiary/aromatic N) is 4. The number of benzene rings is 1. The van der Waals surface area contributed by atoms with Gasteiger partial charge >= 0.3 is 0 Å².